The highest BCUT2D eigenvalue weighted by Crippen LogP contribution is 2.25. The molecule has 4 nitrogen and oxygen atoms in total. The second-order valence-corrected chi connectivity index (χ2v) is 4.13. The number of carbonyl (C=O) groups is 1. The fourth-order valence-corrected chi connectivity index (χ4v) is 1.91. The lowest BCUT2D eigenvalue weighted by atomic mass is 10.0. The van der Waals surface area contributed by atoms with E-state index in [1.54, 1.807) is 31.2 Å². The molecule has 0 fully saturated rings. The Morgan fingerprint density at radius 3 is 2.80 bits per heavy atom. The molecule has 0 amide bonds. The summed E-state index contributed by atoms with van der Waals surface area (Å²) in [5, 5.41) is 3.60. The number of alkyl halides is 2. The molecule has 2 aromatic rings. The van der Waals surface area contributed by atoms with E-state index >= 15 is 0 Å². The average molecular weight is 280 g/mol. The smallest absolute Gasteiger partial charge is 0.333 e. The first kappa shape index (κ1) is 14.2. The SMILES string of the molecule is CCOC(=O)Cc1ccccc1-c1cnn(C(F)F)c1. The van der Waals surface area contributed by atoms with Crippen LogP contribution in [0, 0.1) is 0 Å². The molecule has 0 saturated heterocycles. The molecule has 1 heterocycles. The third-order valence-corrected chi connectivity index (χ3v) is 2.77. The zero-order valence-electron chi connectivity index (χ0n) is 10.9. The van der Waals surface area contributed by atoms with Gasteiger partial charge in [0.25, 0.3) is 0 Å². The van der Waals surface area contributed by atoms with Crippen LogP contribution >= 0.6 is 0 Å². The van der Waals surface area contributed by atoms with Crippen molar-refractivity contribution in [2.24, 2.45) is 0 Å². The van der Waals surface area contributed by atoms with Gasteiger partial charge in [-0.25, -0.2) is 4.68 Å². The highest BCUT2D eigenvalue weighted by Gasteiger charge is 2.13. The second kappa shape index (κ2) is 6.27. The molecular formula is C14H14F2N2O2. The molecule has 0 saturated carbocycles. The van der Waals surface area contributed by atoms with Crippen molar-refractivity contribution in [2.75, 3.05) is 6.61 Å². The van der Waals surface area contributed by atoms with Crippen LogP contribution in [0.3, 0.4) is 0 Å². The minimum absolute atomic E-state index is 0.101. The van der Waals surface area contributed by atoms with E-state index in [0.717, 1.165) is 5.56 Å². The fraction of sp³-hybridized carbons (Fsp3) is 0.286. The van der Waals surface area contributed by atoms with Gasteiger partial charge in [0.1, 0.15) is 0 Å². The summed E-state index contributed by atoms with van der Waals surface area (Å²) in [5.74, 6) is -0.346. The van der Waals surface area contributed by atoms with E-state index in [0.29, 0.717) is 22.4 Å². The number of aromatic nitrogens is 2. The largest absolute Gasteiger partial charge is 0.466 e. The predicted octanol–water partition coefficient (Wildman–Crippen LogP) is 3.05. The number of carbonyl (C=O) groups excluding carboxylic acids is 1. The predicted molar refractivity (Wildman–Crippen MR) is 69.3 cm³/mol. The van der Waals surface area contributed by atoms with Crippen molar-refractivity contribution in [3.8, 4) is 11.1 Å². The number of esters is 1. The van der Waals surface area contributed by atoms with Crippen molar-refractivity contribution in [1.29, 1.82) is 0 Å². The van der Waals surface area contributed by atoms with Crippen LogP contribution in [0.5, 0.6) is 0 Å². The van der Waals surface area contributed by atoms with E-state index in [1.165, 1.54) is 12.4 Å². The fourth-order valence-electron chi connectivity index (χ4n) is 1.91. The molecule has 0 aliphatic rings. The summed E-state index contributed by atoms with van der Waals surface area (Å²) in [7, 11) is 0. The molecule has 1 aromatic heterocycles. The molecule has 20 heavy (non-hydrogen) atoms. The van der Waals surface area contributed by atoms with Crippen LogP contribution in [0.2, 0.25) is 0 Å². The molecule has 0 bridgehead atoms. The van der Waals surface area contributed by atoms with Gasteiger partial charge < -0.3 is 4.74 Å². The zero-order valence-corrected chi connectivity index (χ0v) is 10.9. The molecule has 0 radical (unpaired) electrons. The molecule has 0 N–H and O–H groups in total. The summed E-state index contributed by atoms with van der Waals surface area (Å²) in [6.45, 7) is -0.637. The molecular weight excluding hydrogens is 266 g/mol. The first-order valence-corrected chi connectivity index (χ1v) is 6.18. The highest BCUT2D eigenvalue weighted by atomic mass is 19.3. The second-order valence-electron chi connectivity index (χ2n) is 4.13. The Kier molecular flexibility index (Phi) is 4.45. The van der Waals surface area contributed by atoms with Crippen LogP contribution in [0.4, 0.5) is 8.78 Å². The number of halogens is 2. The first-order chi connectivity index (χ1) is 9.61. The van der Waals surface area contributed by atoms with Crippen molar-refractivity contribution >= 4 is 5.97 Å². The monoisotopic (exact) mass is 280 g/mol. The third-order valence-electron chi connectivity index (χ3n) is 2.77. The van der Waals surface area contributed by atoms with Gasteiger partial charge in [0.2, 0.25) is 0 Å². The maximum Gasteiger partial charge on any atom is 0.333 e. The number of hydrogen-bond donors (Lipinski definition) is 0. The summed E-state index contributed by atoms with van der Waals surface area (Å²) in [6, 6.07) is 7.10. The van der Waals surface area contributed by atoms with Gasteiger partial charge in [-0.15, -0.1) is 0 Å². The van der Waals surface area contributed by atoms with Crippen LogP contribution in [0.25, 0.3) is 11.1 Å². The maximum atomic E-state index is 12.5. The normalized spacial score (nSPS) is 10.8. The van der Waals surface area contributed by atoms with Gasteiger partial charge in [0.15, 0.2) is 0 Å². The molecule has 2 rings (SSSR count). The lowest BCUT2D eigenvalue weighted by Crippen LogP contribution is -2.08. The third kappa shape index (κ3) is 3.20. The Bertz CT molecular complexity index is 596. The number of nitrogens with zero attached hydrogens (tertiary/aromatic N) is 2. The number of hydrogen-bond acceptors (Lipinski definition) is 3. The topological polar surface area (TPSA) is 44.1 Å². The van der Waals surface area contributed by atoms with Gasteiger partial charge in [0, 0.05) is 11.8 Å². The van der Waals surface area contributed by atoms with Gasteiger partial charge in [-0.1, -0.05) is 24.3 Å². The lowest BCUT2D eigenvalue weighted by Gasteiger charge is -2.07. The van der Waals surface area contributed by atoms with Gasteiger partial charge >= 0.3 is 12.5 Å². The number of ether oxygens (including phenoxy) is 1. The van der Waals surface area contributed by atoms with Gasteiger partial charge in [0.05, 0.1) is 19.2 Å². The van der Waals surface area contributed by atoms with Crippen molar-refractivity contribution in [3.05, 3.63) is 42.2 Å². The summed E-state index contributed by atoms with van der Waals surface area (Å²) in [4.78, 5) is 11.5. The summed E-state index contributed by atoms with van der Waals surface area (Å²) < 4.78 is 30.5. The average Bonchev–Trinajstić information content (AvgIpc) is 2.89. The van der Waals surface area contributed by atoms with Gasteiger partial charge in [-0.2, -0.15) is 13.9 Å². The molecule has 0 unspecified atom stereocenters. The molecule has 0 spiro atoms. The van der Waals surface area contributed by atoms with Gasteiger partial charge in [-0.3, -0.25) is 4.79 Å². The van der Waals surface area contributed by atoms with E-state index in [-0.39, 0.29) is 12.4 Å². The van der Waals surface area contributed by atoms with E-state index in [4.69, 9.17) is 4.74 Å². The van der Waals surface area contributed by atoms with E-state index in [9.17, 15) is 13.6 Å². The summed E-state index contributed by atoms with van der Waals surface area (Å²) >= 11 is 0. The number of rotatable bonds is 5. The Hall–Kier alpha value is -2.24. The van der Waals surface area contributed by atoms with Crippen LogP contribution in [0.15, 0.2) is 36.7 Å². The van der Waals surface area contributed by atoms with Gasteiger partial charge in [-0.05, 0) is 18.1 Å². The standard InChI is InChI=1S/C14H14F2N2O2/c1-2-20-13(19)7-10-5-3-4-6-12(10)11-8-17-18(9-11)14(15)16/h3-6,8-9,14H,2,7H2,1H3. The van der Waals surface area contributed by atoms with Crippen molar-refractivity contribution in [1.82, 2.24) is 9.78 Å². The molecule has 1 aromatic carbocycles. The first-order valence-electron chi connectivity index (χ1n) is 6.18. The molecule has 6 heteroatoms. The van der Waals surface area contributed by atoms with Crippen LogP contribution in [-0.4, -0.2) is 22.4 Å². The van der Waals surface area contributed by atoms with E-state index in [2.05, 4.69) is 5.10 Å². The lowest BCUT2D eigenvalue weighted by molar-refractivity contribution is -0.142. The van der Waals surface area contributed by atoms with E-state index < -0.39 is 6.55 Å². The Balaban J connectivity index is 2.29. The molecule has 106 valence electrons. The number of benzene rings is 1. The highest BCUT2D eigenvalue weighted by molar-refractivity contribution is 5.77. The van der Waals surface area contributed by atoms with Crippen molar-refractivity contribution < 1.29 is 18.3 Å². The van der Waals surface area contributed by atoms with Crippen LogP contribution in [-0.2, 0) is 16.0 Å². The van der Waals surface area contributed by atoms with E-state index in [1.807, 2.05) is 0 Å². The van der Waals surface area contributed by atoms with Crippen molar-refractivity contribution in [2.45, 2.75) is 19.9 Å². The molecule has 0 aliphatic heterocycles. The Morgan fingerprint density at radius 1 is 1.40 bits per heavy atom. The molecule has 0 atom stereocenters. The maximum absolute atomic E-state index is 12.5. The summed E-state index contributed by atoms with van der Waals surface area (Å²) in [5.41, 5.74) is 1.97. The van der Waals surface area contributed by atoms with Crippen molar-refractivity contribution in [3.63, 3.8) is 0 Å². The zero-order chi connectivity index (χ0) is 14.5. The minimum atomic E-state index is -2.68. The quantitative estimate of drug-likeness (QED) is 0.791. The molecule has 0 aliphatic carbocycles. The Morgan fingerprint density at radius 2 is 2.15 bits per heavy atom. The van der Waals surface area contributed by atoms with Crippen LogP contribution < -0.4 is 0 Å². The minimum Gasteiger partial charge on any atom is -0.466 e. The van der Waals surface area contributed by atoms with Crippen LogP contribution in [0.1, 0.15) is 19.0 Å². The summed E-state index contributed by atoms with van der Waals surface area (Å²) in [6.07, 6.45) is 2.72. The Labute approximate surface area is 115 Å².